The smallest absolute Gasteiger partial charge is 0.264 e. The summed E-state index contributed by atoms with van der Waals surface area (Å²) in [6.07, 6.45) is -0.174. The number of nitrogens with zero attached hydrogens (tertiary/aromatic N) is 2. The fraction of sp³-hybridized carbons (Fsp3) is 0.235. The molecule has 1 amide bonds. The maximum absolute atomic E-state index is 12.0. The first kappa shape index (κ1) is 15.6. The van der Waals surface area contributed by atoms with Crippen molar-refractivity contribution >= 4 is 28.2 Å². The van der Waals surface area contributed by atoms with Crippen molar-refractivity contribution in [2.45, 2.75) is 19.4 Å². The number of aromatic nitrogens is 2. The molecule has 0 fully saturated rings. The van der Waals surface area contributed by atoms with Crippen LogP contribution in [0.15, 0.2) is 42.5 Å². The molecule has 1 atom stereocenters. The monoisotopic (exact) mass is 327 g/mol. The van der Waals surface area contributed by atoms with Gasteiger partial charge in [-0.05, 0) is 41.2 Å². The summed E-state index contributed by atoms with van der Waals surface area (Å²) >= 11 is 1.08. The van der Waals surface area contributed by atoms with Crippen molar-refractivity contribution in [3.63, 3.8) is 0 Å². The standard InChI is InChI=1S/C17H17N3O2S/c1-11-16(23-20-19-11)17(22)18-10-9-15(21)14-8-4-6-12-5-2-3-7-13(12)14/h2-8,15,21H,9-10H2,1H3,(H,18,22)/t15-/m0/s1. The van der Waals surface area contributed by atoms with Crippen molar-refractivity contribution in [3.8, 4) is 0 Å². The third-order valence-corrected chi connectivity index (χ3v) is 4.57. The molecule has 0 spiro atoms. The van der Waals surface area contributed by atoms with Crippen LogP contribution in [0.2, 0.25) is 0 Å². The Morgan fingerprint density at radius 3 is 2.83 bits per heavy atom. The summed E-state index contributed by atoms with van der Waals surface area (Å²) in [5, 5.41) is 19.2. The van der Waals surface area contributed by atoms with Crippen LogP contribution in [0.1, 0.15) is 33.5 Å². The Bertz CT molecular complexity index is 826. The number of aliphatic hydroxyl groups is 1. The molecule has 3 aromatic rings. The normalized spacial score (nSPS) is 12.3. The van der Waals surface area contributed by atoms with Gasteiger partial charge in [0.1, 0.15) is 4.88 Å². The number of fused-ring (bicyclic) bond motifs is 1. The number of rotatable bonds is 5. The second kappa shape index (κ2) is 6.85. The van der Waals surface area contributed by atoms with E-state index in [1.165, 1.54) is 0 Å². The van der Waals surface area contributed by atoms with Gasteiger partial charge in [-0.2, -0.15) is 0 Å². The minimum atomic E-state index is -0.623. The van der Waals surface area contributed by atoms with Crippen molar-refractivity contribution in [1.82, 2.24) is 14.9 Å². The van der Waals surface area contributed by atoms with E-state index in [9.17, 15) is 9.90 Å². The lowest BCUT2D eigenvalue weighted by molar-refractivity contribution is 0.0946. The third kappa shape index (κ3) is 3.38. The van der Waals surface area contributed by atoms with Gasteiger partial charge in [-0.1, -0.05) is 47.0 Å². The average Bonchev–Trinajstić information content (AvgIpc) is 3.00. The predicted octanol–water partition coefficient (Wildman–Crippen LogP) is 2.85. The SMILES string of the molecule is Cc1nnsc1C(=O)NCC[C@H](O)c1cccc2ccccc12. The largest absolute Gasteiger partial charge is 0.388 e. The lowest BCUT2D eigenvalue weighted by Gasteiger charge is -2.14. The first-order valence-corrected chi connectivity index (χ1v) is 8.17. The zero-order valence-electron chi connectivity index (χ0n) is 12.7. The average molecular weight is 327 g/mol. The van der Waals surface area contributed by atoms with Crippen LogP contribution in [0, 0.1) is 6.92 Å². The molecule has 23 heavy (non-hydrogen) atoms. The van der Waals surface area contributed by atoms with E-state index in [0.29, 0.717) is 23.5 Å². The molecule has 0 aliphatic rings. The number of aliphatic hydroxyl groups excluding tert-OH is 1. The van der Waals surface area contributed by atoms with Crippen LogP contribution in [-0.4, -0.2) is 27.1 Å². The molecule has 1 heterocycles. The van der Waals surface area contributed by atoms with E-state index in [4.69, 9.17) is 0 Å². The van der Waals surface area contributed by atoms with Crippen LogP contribution in [0.5, 0.6) is 0 Å². The number of aryl methyl sites for hydroxylation is 1. The Kier molecular flexibility index (Phi) is 4.64. The molecule has 1 aromatic heterocycles. The highest BCUT2D eigenvalue weighted by Crippen LogP contribution is 2.25. The van der Waals surface area contributed by atoms with Crippen LogP contribution in [-0.2, 0) is 0 Å². The van der Waals surface area contributed by atoms with Crippen molar-refractivity contribution in [2.24, 2.45) is 0 Å². The van der Waals surface area contributed by atoms with Gasteiger partial charge in [0.15, 0.2) is 0 Å². The van der Waals surface area contributed by atoms with Crippen LogP contribution in [0.25, 0.3) is 10.8 Å². The molecule has 0 saturated carbocycles. The van der Waals surface area contributed by atoms with E-state index < -0.39 is 6.10 Å². The summed E-state index contributed by atoms with van der Waals surface area (Å²) in [4.78, 5) is 12.5. The number of hydrogen-bond donors (Lipinski definition) is 2. The lowest BCUT2D eigenvalue weighted by Crippen LogP contribution is -2.25. The van der Waals surface area contributed by atoms with Gasteiger partial charge < -0.3 is 10.4 Å². The van der Waals surface area contributed by atoms with Gasteiger partial charge in [-0.15, -0.1) is 5.10 Å². The number of amides is 1. The van der Waals surface area contributed by atoms with Gasteiger partial charge in [-0.25, -0.2) is 0 Å². The highest BCUT2D eigenvalue weighted by atomic mass is 32.1. The van der Waals surface area contributed by atoms with E-state index >= 15 is 0 Å². The first-order chi connectivity index (χ1) is 11.2. The molecule has 0 bridgehead atoms. The van der Waals surface area contributed by atoms with E-state index in [-0.39, 0.29) is 5.91 Å². The highest BCUT2D eigenvalue weighted by Gasteiger charge is 2.14. The summed E-state index contributed by atoms with van der Waals surface area (Å²) in [7, 11) is 0. The maximum Gasteiger partial charge on any atom is 0.264 e. The second-order valence-electron chi connectivity index (χ2n) is 5.32. The van der Waals surface area contributed by atoms with E-state index in [1.807, 2.05) is 42.5 Å². The molecule has 118 valence electrons. The van der Waals surface area contributed by atoms with Crippen LogP contribution >= 0.6 is 11.5 Å². The Balaban J connectivity index is 1.64. The molecule has 0 aliphatic heterocycles. The molecule has 0 aliphatic carbocycles. The summed E-state index contributed by atoms with van der Waals surface area (Å²) in [6.45, 7) is 2.14. The topological polar surface area (TPSA) is 75.1 Å². The van der Waals surface area contributed by atoms with Gasteiger partial charge >= 0.3 is 0 Å². The van der Waals surface area contributed by atoms with Crippen LogP contribution in [0.3, 0.4) is 0 Å². The van der Waals surface area contributed by atoms with Crippen molar-refractivity contribution in [2.75, 3.05) is 6.54 Å². The van der Waals surface area contributed by atoms with Crippen molar-refractivity contribution in [3.05, 3.63) is 58.6 Å². The van der Waals surface area contributed by atoms with E-state index in [1.54, 1.807) is 6.92 Å². The maximum atomic E-state index is 12.0. The highest BCUT2D eigenvalue weighted by molar-refractivity contribution is 7.07. The fourth-order valence-corrected chi connectivity index (χ4v) is 3.11. The molecular formula is C17H17N3O2S. The molecule has 0 unspecified atom stereocenters. The molecule has 0 radical (unpaired) electrons. The molecule has 6 heteroatoms. The second-order valence-corrected chi connectivity index (χ2v) is 6.07. The number of nitrogens with one attached hydrogen (secondary N) is 1. The van der Waals surface area contributed by atoms with Crippen LogP contribution in [0.4, 0.5) is 0 Å². The van der Waals surface area contributed by atoms with Gasteiger partial charge in [0, 0.05) is 6.54 Å². The third-order valence-electron chi connectivity index (χ3n) is 3.74. The van der Waals surface area contributed by atoms with Crippen LogP contribution < -0.4 is 5.32 Å². The molecule has 3 rings (SSSR count). The Hall–Kier alpha value is -2.31. The molecule has 2 aromatic carbocycles. The van der Waals surface area contributed by atoms with Crippen molar-refractivity contribution < 1.29 is 9.90 Å². The number of benzene rings is 2. The molecule has 5 nitrogen and oxygen atoms in total. The number of hydrogen-bond acceptors (Lipinski definition) is 5. The minimum absolute atomic E-state index is 0.192. The minimum Gasteiger partial charge on any atom is -0.388 e. The van der Waals surface area contributed by atoms with Gasteiger partial charge in [0.05, 0.1) is 11.8 Å². The molecule has 2 N–H and O–H groups in total. The Morgan fingerprint density at radius 1 is 1.26 bits per heavy atom. The van der Waals surface area contributed by atoms with E-state index in [0.717, 1.165) is 27.9 Å². The van der Waals surface area contributed by atoms with Gasteiger partial charge in [0.25, 0.3) is 5.91 Å². The quantitative estimate of drug-likeness (QED) is 0.755. The lowest BCUT2D eigenvalue weighted by atomic mass is 9.99. The predicted molar refractivity (Wildman–Crippen MR) is 90.5 cm³/mol. The van der Waals surface area contributed by atoms with E-state index in [2.05, 4.69) is 14.9 Å². The number of carbonyl (C=O) groups excluding carboxylic acids is 1. The number of carbonyl (C=O) groups is 1. The molecule has 0 saturated heterocycles. The van der Waals surface area contributed by atoms with Gasteiger partial charge in [-0.3, -0.25) is 4.79 Å². The zero-order valence-corrected chi connectivity index (χ0v) is 13.5. The molecular weight excluding hydrogens is 310 g/mol. The fourth-order valence-electron chi connectivity index (χ4n) is 2.54. The Morgan fingerprint density at radius 2 is 2.04 bits per heavy atom. The summed E-state index contributed by atoms with van der Waals surface area (Å²) in [5.74, 6) is -0.192. The summed E-state index contributed by atoms with van der Waals surface area (Å²) in [5.41, 5.74) is 1.51. The first-order valence-electron chi connectivity index (χ1n) is 7.39. The Labute approximate surface area is 138 Å². The van der Waals surface area contributed by atoms with Crippen molar-refractivity contribution in [1.29, 1.82) is 0 Å². The summed E-state index contributed by atoms with van der Waals surface area (Å²) in [6, 6.07) is 13.8. The summed E-state index contributed by atoms with van der Waals surface area (Å²) < 4.78 is 3.75. The van der Waals surface area contributed by atoms with Gasteiger partial charge in [0.2, 0.25) is 0 Å². The zero-order chi connectivity index (χ0) is 16.2.